The van der Waals surface area contributed by atoms with Gasteiger partial charge >= 0.3 is 0 Å². The van der Waals surface area contributed by atoms with Crippen LogP contribution in [0.2, 0.25) is 0 Å². The summed E-state index contributed by atoms with van der Waals surface area (Å²) in [6.45, 7) is 6.28. The normalized spacial score (nSPS) is 14.4. The van der Waals surface area contributed by atoms with Gasteiger partial charge in [-0.3, -0.25) is 9.79 Å². The molecule has 7 nitrogen and oxygen atoms in total. The summed E-state index contributed by atoms with van der Waals surface area (Å²) in [5, 5.41) is 6.38. The zero-order valence-electron chi connectivity index (χ0n) is 18.7. The van der Waals surface area contributed by atoms with E-state index in [1.54, 1.807) is 7.11 Å². The highest BCUT2D eigenvalue weighted by molar-refractivity contribution is 5.90. The fourth-order valence-corrected chi connectivity index (χ4v) is 3.72. The third-order valence-electron chi connectivity index (χ3n) is 5.38. The lowest BCUT2D eigenvalue weighted by molar-refractivity contribution is -0.116. The van der Waals surface area contributed by atoms with Crippen molar-refractivity contribution in [1.29, 1.82) is 0 Å². The number of rotatable bonds is 7. The average Bonchev–Trinajstić information content (AvgIpc) is 2.81. The van der Waals surface area contributed by atoms with Crippen molar-refractivity contribution >= 4 is 23.2 Å². The fourth-order valence-electron chi connectivity index (χ4n) is 3.72. The standard InChI is InChI=1S/C24H33N5O2/c1-4-7-23(30)27-20-12-10-19(11-13-20)18-26-24(25-2)29-16-14-28(15-17-29)21-8-5-6-9-22(21)31-3/h5-6,8-13H,4,7,14-18H2,1-3H3,(H,25,26)(H,27,30). The number of anilines is 2. The molecule has 0 radical (unpaired) electrons. The van der Waals surface area contributed by atoms with E-state index in [1.807, 2.05) is 56.4 Å². The molecule has 0 aliphatic carbocycles. The molecule has 1 aliphatic heterocycles. The van der Waals surface area contributed by atoms with Gasteiger partial charge in [-0.2, -0.15) is 0 Å². The molecule has 7 heteroatoms. The van der Waals surface area contributed by atoms with Crippen molar-refractivity contribution in [3.05, 3.63) is 54.1 Å². The number of benzene rings is 2. The Morgan fingerprint density at radius 1 is 1.06 bits per heavy atom. The molecule has 31 heavy (non-hydrogen) atoms. The molecule has 1 aliphatic rings. The second-order valence-electron chi connectivity index (χ2n) is 7.54. The van der Waals surface area contributed by atoms with Crippen molar-refractivity contribution in [3.8, 4) is 5.75 Å². The summed E-state index contributed by atoms with van der Waals surface area (Å²) in [5.74, 6) is 1.87. The van der Waals surface area contributed by atoms with Crippen LogP contribution in [0.4, 0.5) is 11.4 Å². The first-order valence-electron chi connectivity index (χ1n) is 10.9. The molecule has 166 valence electrons. The van der Waals surface area contributed by atoms with Crippen LogP contribution in [0.15, 0.2) is 53.5 Å². The molecule has 2 aromatic rings. The molecule has 0 spiro atoms. The van der Waals surface area contributed by atoms with E-state index in [4.69, 9.17) is 4.74 Å². The third-order valence-corrected chi connectivity index (χ3v) is 5.38. The molecule has 2 aromatic carbocycles. The lowest BCUT2D eigenvalue weighted by Gasteiger charge is -2.38. The number of nitrogens with zero attached hydrogens (tertiary/aromatic N) is 3. The highest BCUT2D eigenvalue weighted by Crippen LogP contribution is 2.28. The summed E-state index contributed by atoms with van der Waals surface area (Å²) in [6.07, 6.45) is 1.39. The van der Waals surface area contributed by atoms with Crippen LogP contribution in [-0.2, 0) is 11.3 Å². The van der Waals surface area contributed by atoms with Crippen molar-refractivity contribution < 1.29 is 9.53 Å². The monoisotopic (exact) mass is 423 g/mol. The van der Waals surface area contributed by atoms with E-state index >= 15 is 0 Å². The number of para-hydroxylation sites is 2. The molecule has 0 unspecified atom stereocenters. The largest absolute Gasteiger partial charge is 0.495 e. The van der Waals surface area contributed by atoms with Gasteiger partial charge in [0.05, 0.1) is 12.8 Å². The molecule has 2 N–H and O–H groups in total. The summed E-state index contributed by atoms with van der Waals surface area (Å²) in [4.78, 5) is 20.8. The minimum absolute atomic E-state index is 0.0565. The number of carbonyl (C=O) groups is 1. The average molecular weight is 424 g/mol. The van der Waals surface area contributed by atoms with Crippen molar-refractivity contribution in [2.75, 3.05) is 50.6 Å². The van der Waals surface area contributed by atoms with Crippen molar-refractivity contribution in [1.82, 2.24) is 10.2 Å². The van der Waals surface area contributed by atoms with Gasteiger partial charge in [0.2, 0.25) is 5.91 Å². The number of guanidine groups is 1. The predicted octanol–water partition coefficient (Wildman–Crippen LogP) is 3.33. The Balaban J connectivity index is 1.50. The number of amides is 1. The Morgan fingerprint density at radius 3 is 2.42 bits per heavy atom. The Hall–Kier alpha value is -3.22. The molecule has 1 amide bonds. The lowest BCUT2D eigenvalue weighted by Crippen LogP contribution is -2.52. The number of methoxy groups -OCH3 is 1. The van der Waals surface area contributed by atoms with Crippen LogP contribution in [0.5, 0.6) is 5.75 Å². The number of hydrogen-bond acceptors (Lipinski definition) is 4. The van der Waals surface area contributed by atoms with E-state index in [0.717, 1.165) is 61.2 Å². The van der Waals surface area contributed by atoms with E-state index in [2.05, 4.69) is 31.5 Å². The number of hydrogen-bond donors (Lipinski definition) is 2. The number of carbonyl (C=O) groups excluding carboxylic acids is 1. The summed E-state index contributed by atoms with van der Waals surface area (Å²) < 4.78 is 5.51. The zero-order valence-corrected chi connectivity index (χ0v) is 18.7. The van der Waals surface area contributed by atoms with Gasteiger partial charge in [0.25, 0.3) is 0 Å². The molecular formula is C24H33N5O2. The molecule has 1 saturated heterocycles. The highest BCUT2D eigenvalue weighted by Gasteiger charge is 2.21. The first-order valence-corrected chi connectivity index (χ1v) is 10.9. The highest BCUT2D eigenvalue weighted by atomic mass is 16.5. The summed E-state index contributed by atoms with van der Waals surface area (Å²) in [5.41, 5.74) is 3.11. The van der Waals surface area contributed by atoms with E-state index in [9.17, 15) is 4.79 Å². The predicted molar refractivity (Wildman–Crippen MR) is 127 cm³/mol. The number of aliphatic imine (C=N–C) groups is 1. The minimum atomic E-state index is 0.0565. The maximum atomic E-state index is 11.7. The van der Waals surface area contributed by atoms with Crippen LogP contribution in [0.3, 0.4) is 0 Å². The van der Waals surface area contributed by atoms with Gasteiger partial charge in [-0.05, 0) is 36.2 Å². The second-order valence-corrected chi connectivity index (χ2v) is 7.54. The van der Waals surface area contributed by atoms with Gasteiger partial charge in [0.15, 0.2) is 5.96 Å². The van der Waals surface area contributed by atoms with Gasteiger partial charge in [0.1, 0.15) is 5.75 Å². The minimum Gasteiger partial charge on any atom is -0.495 e. The van der Waals surface area contributed by atoms with Crippen LogP contribution in [0.1, 0.15) is 25.3 Å². The molecule has 0 aromatic heterocycles. The fraction of sp³-hybridized carbons (Fsp3) is 0.417. The van der Waals surface area contributed by atoms with Gasteiger partial charge in [-0.1, -0.05) is 31.2 Å². The van der Waals surface area contributed by atoms with Gasteiger partial charge in [-0.25, -0.2) is 0 Å². The molecular weight excluding hydrogens is 390 g/mol. The van der Waals surface area contributed by atoms with Crippen LogP contribution >= 0.6 is 0 Å². The first-order chi connectivity index (χ1) is 15.1. The zero-order chi connectivity index (χ0) is 22.1. The number of nitrogens with one attached hydrogen (secondary N) is 2. The Labute approximate surface area is 185 Å². The molecule has 1 fully saturated rings. The molecule has 0 saturated carbocycles. The van der Waals surface area contributed by atoms with Crippen LogP contribution in [0, 0.1) is 0 Å². The van der Waals surface area contributed by atoms with Crippen molar-refractivity contribution in [2.24, 2.45) is 4.99 Å². The van der Waals surface area contributed by atoms with Crippen molar-refractivity contribution in [2.45, 2.75) is 26.3 Å². The topological polar surface area (TPSA) is 69.2 Å². The van der Waals surface area contributed by atoms with Crippen LogP contribution < -0.4 is 20.3 Å². The SMILES string of the molecule is CCCC(=O)Nc1ccc(CNC(=NC)N2CCN(c3ccccc3OC)CC2)cc1. The van der Waals surface area contributed by atoms with Gasteiger partial charge in [-0.15, -0.1) is 0 Å². The summed E-state index contributed by atoms with van der Waals surface area (Å²) in [6, 6.07) is 16.1. The summed E-state index contributed by atoms with van der Waals surface area (Å²) in [7, 11) is 3.54. The smallest absolute Gasteiger partial charge is 0.224 e. The second kappa shape index (κ2) is 11.2. The van der Waals surface area contributed by atoms with Crippen LogP contribution in [-0.4, -0.2) is 57.1 Å². The first kappa shape index (κ1) is 22.5. The molecule has 3 rings (SSSR count). The molecule has 0 atom stereocenters. The third kappa shape index (κ3) is 6.13. The maximum Gasteiger partial charge on any atom is 0.224 e. The Kier molecular flexibility index (Phi) is 8.15. The maximum absolute atomic E-state index is 11.7. The quantitative estimate of drug-likeness (QED) is 0.528. The van der Waals surface area contributed by atoms with E-state index in [0.29, 0.717) is 13.0 Å². The molecule has 1 heterocycles. The van der Waals surface area contributed by atoms with E-state index in [1.165, 1.54) is 0 Å². The van der Waals surface area contributed by atoms with Gasteiger partial charge in [0, 0.05) is 51.9 Å². The van der Waals surface area contributed by atoms with E-state index < -0.39 is 0 Å². The Morgan fingerprint density at radius 2 is 1.77 bits per heavy atom. The summed E-state index contributed by atoms with van der Waals surface area (Å²) >= 11 is 0. The van der Waals surface area contributed by atoms with E-state index in [-0.39, 0.29) is 5.91 Å². The lowest BCUT2D eigenvalue weighted by atomic mass is 10.2. The molecule has 0 bridgehead atoms. The number of piperazine rings is 1. The Bertz CT molecular complexity index is 874. The number of ether oxygens (including phenoxy) is 1. The van der Waals surface area contributed by atoms with Crippen LogP contribution in [0.25, 0.3) is 0 Å². The van der Waals surface area contributed by atoms with Crippen molar-refractivity contribution in [3.63, 3.8) is 0 Å². The van der Waals surface area contributed by atoms with Gasteiger partial charge < -0.3 is 25.2 Å².